The van der Waals surface area contributed by atoms with Gasteiger partial charge in [0, 0.05) is 44.3 Å². The minimum absolute atomic E-state index is 0.0459. The molecule has 4 aromatic heterocycles. The molecule has 0 radical (unpaired) electrons. The van der Waals surface area contributed by atoms with E-state index in [9.17, 15) is 18.9 Å². The van der Waals surface area contributed by atoms with Gasteiger partial charge in [-0.2, -0.15) is 10.2 Å². The standard InChI is InChI=1S/C31H37N11O5S/c1-20(27-19-36-31(39(27)2)40(3)43)42(48(4,44)45)22-15-24-25(35-18-22)16-28(41-11-13-46-14-12-41)38-30(24)47-23-7-5-21(6-8-23)37-29-26(17-32)33-9-10-34-29/h9-10,15-16,18-21,23H,3,5-8,11-14H2,1-2,4H3,(H,34,37)/t20?,21-,23+. The monoisotopic (exact) mass is 675 g/mol. The van der Waals surface area contributed by atoms with Crippen LogP contribution in [0.3, 0.4) is 0 Å². The summed E-state index contributed by atoms with van der Waals surface area (Å²) in [6, 6.07) is 5.04. The normalized spacial score (nSPS) is 19.0. The van der Waals surface area contributed by atoms with Crippen LogP contribution in [0.4, 0.5) is 23.3 Å². The number of nitriles is 1. The average Bonchev–Trinajstić information content (AvgIpc) is 3.47. The van der Waals surface area contributed by atoms with Crippen LogP contribution in [-0.4, -0.2) is 94.1 Å². The van der Waals surface area contributed by atoms with Crippen LogP contribution in [0.15, 0.2) is 36.9 Å². The van der Waals surface area contributed by atoms with Crippen molar-refractivity contribution in [1.82, 2.24) is 29.5 Å². The zero-order valence-corrected chi connectivity index (χ0v) is 27.8. The molecule has 1 saturated carbocycles. The number of morpholine rings is 1. The number of ether oxygens (including phenoxy) is 2. The first kappa shape index (κ1) is 32.8. The van der Waals surface area contributed by atoms with Gasteiger partial charge in [-0.15, -0.1) is 0 Å². The number of aromatic nitrogens is 6. The molecule has 1 N–H and O–H groups in total. The molecule has 1 aliphatic heterocycles. The van der Waals surface area contributed by atoms with E-state index in [1.54, 1.807) is 26.2 Å². The first-order chi connectivity index (χ1) is 23.0. The Kier molecular flexibility index (Phi) is 9.29. The number of hydrogen-bond donors (Lipinski definition) is 1. The Morgan fingerprint density at radius 2 is 1.88 bits per heavy atom. The van der Waals surface area contributed by atoms with E-state index in [0.29, 0.717) is 70.8 Å². The molecule has 2 aliphatic rings. The van der Waals surface area contributed by atoms with E-state index in [4.69, 9.17) is 19.4 Å². The summed E-state index contributed by atoms with van der Waals surface area (Å²) in [5.74, 6) is 1.58. The molecule has 0 aromatic carbocycles. The summed E-state index contributed by atoms with van der Waals surface area (Å²) in [4.78, 5) is 24.2. The van der Waals surface area contributed by atoms with Crippen molar-refractivity contribution in [3.63, 3.8) is 0 Å². The Bertz CT molecular complexity index is 1970. The molecule has 2 fully saturated rings. The smallest absolute Gasteiger partial charge is 0.398 e. The van der Waals surface area contributed by atoms with Crippen LogP contribution in [-0.2, 0) is 21.8 Å². The maximum Gasteiger partial charge on any atom is 0.398 e. The lowest BCUT2D eigenvalue weighted by molar-refractivity contribution is -0.362. The van der Waals surface area contributed by atoms with Gasteiger partial charge in [-0.05, 0) is 38.7 Å². The van der Waals surface area contributed by atoms with Crippen molar-refractivity contribution < 1.29 is 22.6 Å². The fourth-order valence-electron chi connectivity index (χ4n) is 6.29. The molecule has 16 nitrogen and oxygen atoms in total. The predicted octanol–water partition coefficient (Wildman–Crippen LogP) is 3.03. The highest BCUT2D eigenvalue weighted by Gasteiger charge is 2.32. The Morgan fingerprint density at radius 1 is 1.15 bits per heavy atom. The third-order valence-electron chi connectivity index (χ3n) is 8.66. The van der Waals surface area contributed by atoms with Gasteiger partial charge in [0.1, 0.15) is 29.9 Å². The molecule has 48 heavy (non-hydrogen) atoms. The number of fused-ring (bicyclic) bond motifs is 1. The van der Waals surface area contributed by atoms with Crippen molar-refractivity contribution in [3.8, 4) is 11.9 Å². The Hall–Kier alpha value is -5.08. The molecule has 252 valence electrons. The number of anilines is 3. The van der Waals surface area contributed by atoms with Gasteiger partial charge in [0.2, 0.25) is 15.9 Å². The summed E-state index contributed by atoms with van der Waals surface area (Å²) in [5, 5.41) is 25.2. The fourth-order valence-corrected chi connectivity index (χ4v) is 7.46. The molecule has 0 spiro atoms. The molecule has 1 saturated heterocycles. The molecule has 1 unspecified atom stereocenters. The fraction of sp³-hybridized carbons (Fsp3) is 0.452. The highest BCUT2D eigenvalue weighted by molar-refractivity contribution is 7.92. The van der Waals surface area contributed by atoms with Crippen LogP contribution in [0.5, 0.6) is 5.88 Å². The minimum atomic E-state index is -3.84. The summed E-state index contributed by atoms with van der Waals surface area (Å²) in [6.07, 6.45) is 9.98. The molecule has 0 amide bonds. The van der Waals surface area contributed by atoms with E-state index < -0.39 is 16.1 Å². The number of rotatable bonds is 10. The summed E-state index contributed by atoms with van der Waals surface area (Å²) in [7, 11) is -2.21. The molecule has 1 atom stereocenters. The molecular weight excluding hydrogens is 638 g/mol. The lowest BCUT2D eigenvalue weighted by atomic mass is 9.93. The van der Waals surface area contributed by atoms with Crippen LogP contribution in [0, 0.1) is 16.5 Å². The van der Waals surface area contributed by atoms with Crippen molar-refractivity contribution in [2.45, 2.75) is 50.8 Å². The number of pyridine rings is 2. The van der Waals surface area contributed by atoms with Crippen molar-refractivity contribution >= 4 is 50.9 Å². The zero-order chi connectivity index (χ0) is 34.0. The van der Waals surface area contributed by atoms with Gasteiger partial charge in [-0.1, -0.05) is 4.98 Å². The van der Waals surface area contributed by atoms with E-state index in [-0.39, 0.29) is 23.8 Å². The highest BCUT2D eigenvalue weighted by Crippen LogP contribution is 2.37. The van der Waals surface area contributed by atoms with Crippen molar-refractivity contribution in [1.29, 1.82) is 5.26 Å². The van der Waals surface area contributed by atoms with Gasteiger partial charge in [0.05, 0.1) is 55.3 Å². The highest BCUT2D eigenvalue weighted by atomic mass is 32.2. The van der Waals surface area contributed by atoms with E-state index in [0.717, 1.165) is 31.9 Å². The Labute approximate surface area is 278 Å². The van der Waals surface area contributed by atoms with Crippen LogP contribution in [0.2, 0.25) is 0 Å². The van der Waals surface area contributed by atoms with E-state index in [1.807, 2.05) is 6.07 Å². The largest absolute Gasteiger partial charge is 0.741 e. The van der Waals surface area contributed by atoms with Crippen molar-refractivity contribution in [2.75, 3.05) is 47.1 Å². The number of nitrogens with zero attached hydrogens (tertiary/aromatic N) is 10. The summed E-state index contributed by atoms with van der Waals surface area (Å²) >= 11 is 0. The van der Waals surface area contributed by atoms with Crippen LogP contribution >= 0.6 is 0 Å². The van der Waals surface area contributed by atoms with Crippen LogP contribution in [0.1, 0.15) is 50.0 Å². The van der Waals surface area contributed by atoms with E-state index >= 15 is 0 Å². The first-order valence-corrected chi connectivity index (χ1v) is 17.4. The maximum absolute atomic E-state index is 13.3. The average molecular weight is 676 g/mol. The van der Waals surface area contributed by atoms with Gasteiger partial charge in [0.15, 0.2) is 11.5 Å². The van der Waals surface area contributed by atoms with Gasteiger partial charge >= 0.3 is 5.95 Å². The Balaban J connectivity index is 1.32. The maximum atomic E-state index is 13.3. The molecule has 6 rings (SSSR count). The molecule has 1 aliphatic carbocycles. The summed E-state index contributed by atoms with van der Waals surface area (Å²) in [6.45, 7) is 7.56. The number of imidazole rings is 1. The summed E-state index contributed by atoms with van der Waals surface area (Å²) < 4.78 is 41.9. The second kappa shape index (κ2) is 13.6. The third kappa shape index (κ3) is 6.80. The summed E-state index contributed by atoms with van der Waals surface area (Å²) in [5.41, 5.74) is 1.66. The van der Waals surface area contributed by atoms with Gasteiger partial charge in [-0.3, -0.25) is 14.0 Å². The van der Waals surface area contributed by atoms with Crippen molar-refractivity contribution in [3.05, 3.63) is 53.5 Å². The second-order valence-corrected chi connectivity index (χ2v) is 13.8. The molecule has 4 aromatic rings. The molecule has 0 bridgehead atoms. The minimum Gasteiger partial charge on any atom is -0.741 e. The van der Waals surface area contributed by atoms with Gasteiger partial charge in [0.25, 0.3) is 0 Å². The zero-order valence-electron chi connectivity index (χ0n) is 27.0. The SMILES string of the molecule is C=[N+]([O-])c1ncc(C(C)N(c2cnc3cc(N4CCOCC4)nc(O[C@H]4CC[C@@H](Nc5nccnc5C#N)CC4)c3c2)S(C)(=O)=O)n1C. The first-order valence-electron chi connectivity index (χ1n) is 15.6. The third-order valence-corrected chi connectivity index (χ3v) is 9.90. The second-order valence-electron chi connectivity index (χ2n) is 11.9. The molecular formula is C31H37N11O5S. The topological polar surface area (TPSA) is 190 Å². The predicted molar refractivity (Wildman–Crippen MR) is 179 cm³/mol. The molecule has 17 heteroatoms. The Morgan fingerprint density at radius 3 is 2.54 bits per heavy atom. The van der Waals surface area contributed by atoms with E-state index in [2.05, 4.69) is 38.0 Å². The quantitative estimate of drug-likeness (QED) is 0.112. The lowest BCUT2D eigenvalue weighted by Gasteiger charge is -2.31. The number of sulfonamides is 1. The van der Waals surface area contributed by atoms with E-state index in [1.165, 1.54) is 27.5 Å². The van der Waals surface area contributed by atoms with Crippen molar-refractivity contribution in [2.24, 2.45) is 7.05 Å². The number of hydrogen-bond acceptors (Lipinski definition) is 13. The van der Waals surface area contributed by atoms with Crippen LogP contribution < -0.4 is 19.3 Å². The van der Waals surface area contributed by atoms with Gasteiger partial charge < -0.3 is 24.9 Å². The van der Waals surface area contributed by atoms with Crippen LogP contribution in [0.25, 0.3) is 10.9 Å². The van der Waals surface area contributed by atoms with Gasteiger partial charge in [-0.25, -0.2) is 23.0 Å². The lowest BCUT2D eigenvalue weighted by Crippen LogP contribution is -2.37. The molecule has 5 heterocycles. The number of nitrogens with one attached hydrogen (secondary N) is 1.